The average Bonchev–Trinajstić information content (AvgIpc) is 2.74. The van der Waals surface area contributed by atoms with E-state index < -0.39 is 5.97 Å². The fourth-order valence-electron chi connectivity index (χ4n) is 2.84. The minimum atomic E-state index is -0.533. The lowest BCUT2D eigenvalue weighted by Crippen LogP contribution is -2.31. The summed E-state index contributed by atoms with van der Waals surface area (Å²) >= 11 is 0. The molecule has 0 N–H and O–H groups in total. The average molecular weight is 374 g/mol. The van der Waals surface area contributed by atoms with Crippen LogP contribution in [0.4, 0.5) is 0 Å². The van der Waals surface area contributed by atoms with E-state index in [1.807, 2.05) is 60.7 Å². The van der Waals surface area contributed by atoms with E-state index in [1.54, 1.807) is 30.0 Å². The van der Waals surface area contributed by atoms with E-state index in [4.69, 9.17) is 4.74 Å². The molecule has 0 spiro atoms. The van der Waals surface area contributed by atoms with Crippen molar-refractivity contribution in [2.24, 2.45) is 0 Å². The lowest BCUT2D eigenvalue weighted by atomic mass is 10.1. The Labute approximate surface area is 164 Å². The van der Waals surface area contributed by atoms with Crippen LogP contribution in [0.3, 0.4) is 0 Å². The Morgan fingerprint density at radius 2 is 1.32 bits per heavy atom. The molecule has 0 unspecified atom stereocenters. The number of carbonyl (C=O) groups excluding carboxylic acids is 2. The Bertz CT molecular complexity index is 885. The minimum absolute atomic E-state index is 0.132. The second-order valence-electron chi connectivity index (χ2n) is 6.26. The molecule has 0 aliphatic carbocycles. The highest BCUT2D eigenvalue weighted by Crippen LogP contribution is 2.14. The van der Waals surface area contributed by atoms with Crippen LogP contribution in [0.2, 0.25) is 0 Å². The zero-order chi connectivity index (χ0) is 19.8. The van der Waals surface area contributed by atoms with Crippen molar-refractivity contribution in [3.8, 4) is 0 Å². The predicted octanol–water partition coefficient (Wildman–Crippen LogP) is 4.10. The molecular weight excluding hydrogens is 352 g/mol. The summed E-state index contributed by atoms with van der Waals surface area (Å²) in [7, 11) is 0. The number of aromatic nitrogens is 1. The van der Waals surface area contributed by atoms with Gasteiger partial charge in [-0.25, -0.2) is 9.78 Å². The van der Waals surface area contributed by atoms with Crippen molar-refractivity contribution in [2.45, 2.75) is 20.0 Å². The van der Waals surface area contributed by atoms with Crippen LogP contribution >= 0.6 is 0 Å². The molecule has 0 aliphatic heterocycles. The third kappa shape index (κ3) is 5.04. The van der Waals surface area contributed by atoms with Gasteiger partial charge in [-0.2, -0.15) is 0 Å². The quantitative estimate of drug-likeness (QED) is 0.584. The van der Waals surface area contributed by atoms with E-state index in [9.17, 15) is 9.59 Å². The lowest BCUT2D eigenvalue weighted by molar-refractivity contribution is 0.0519. The molecule has 0 radical (unpaired) electrons. The largest absolute Gasteiger partial charge is 0.461 e. The molecule has 0 saturated heterocycles. The number of rotatable bonds is 7. The summed E-state index contributed by atoms with van der Waals surface area (Å²) in [5.41, 5.74) is 2.39. The summed E-state index contributed by atoms with van der Waals surface area (Å²) in [6, 6.07) is 24.4. The van der Waals surface area contributed by atoms with Crippen LogP contribution in [0.25, 0.3) is 0 Å². The molecule has 0 fully saturated rings. The topological polar surface area (TPSA) is 59.5 Å². The number of benzene rings is 2. The molecule has 3 aromatic rings. The number of pyridine rings is 1. The number of hydrogen-bond donors (Lipinski definition) is 0. The van der Waals surface area contributed by atoms with Gasteiger partial charge in [0.2, 0.25) is 0 Å². The number of nitrogens with zero attached hydrogens (tertiary/aromatic N) is 2. The summed E-state index contributed by atoms with van der Waals surface area (Å²) < 4.78 is 4.99. The maximum absolute atomic E-state index is 13.2. The molecule has 2 aromatic carbocycles. The van der Waals surface area contributed by atoms with Crippen LogP contribution in [0.1, 0.15) is 39.0 Å². The number of carbonyl (C=O) groups is 2. The van der Waals surface area contributed by atoms with Crippen LogP contribution in [0.5, 0.6) is 0 Å². The smallest absolute Gasteiger partial charge is 0.356 e. The van der Waals surface area contributed by atoms with E-state index in [0.29, 0.717) is 13.1 Å². The first kappa shape index (κ1) is 19.3. The van der Waals surface area contributed by atoms with Crippen LogP contribution in [-0.4, -0.2) is 28.4 Å². The van der Waals surface area contributed by atoms with Gasteiger partial charge in [0, 0.05) is 13.1 Å². The molecule has 142 valence electrons. The highest BCUT2D eigenvalue weighted by atomic mass is 16.5. The summed E-state index contributed by atoms with van der Waals surface area (Å²) in [6.07, 6.45) is 0. The van der Waals surface area contributed by atoms with E-state index in [2.05, 4.69) is 4.98 Å². The van der Waals surface area contributed by atoms with Crippen molar-refractivity contribution in [3.63, 3.8) is 0 Å². The predicted molar refractivity (Wildman–Crippen MR) is 107 cm³/mol. The fourth-order valence-corrected chi connectivity index (χ4v) is 2.84. The first-order valence-electron chi connectivity index (χ1n) is 9.18. The van der Waals surface area contributed by atoms with Gasteiger partial charge >= 0.3 is 5.97 Å². The number of ether oxygens (including phenoxy) is 1. The Balaban J connectivity index is 1.87. The normalized spacial score (nSPS) is 10.3. The van der Waals surface area contributed by atoms with Gasteiger partial charge in [0.25, 0.3) is 5.91 Å². The Kier molecular flexibility index (Phi) is 6.52. The fraction of sp³-hybridized carbons (Fsp3) is 0.174. The summed E-state index contributed by atoms with van der Waals surface area (Å²) in [6.45, 7) is 2.88. The van der Waals surface area contributed by atoms with Crippen LogP contribution in [0.15, 0.2) is 78.9 Å². The van der Waals surface area contributed by atoms with Crippen LogP contribution in [-0.2, 0) is 17.8 Å². The molecule has 0 aliphatic rings. The van der Waals surface area contributed by atoms with Crippen molar-refractivity contribution in [3.05, 3.63) is 101 Å². The van der Waals surface area contributed by atoms with Gasteiger partial charge in [0.1, 0.15) is 11.4 Å². The van der Waals surface area contributed by atoms with Crippen molar-refractivity contribution >= 4 is 11.9 Å². The second-order valence-corrected chi connectivity index (χ2v) is 6.26. The molecule has 1 aromatic heterocycles. The standard InChI is InChI=1S/C23H22N2O3/c1-2-28-23(27)21-15-9-14-20(24-21)22(26)25(16-18-10-5-3-6-11-18)17-19-12-7-4-8-13-19/h3-15H,2,16-17H2,1H3. The van der Waals surface area contributed by atoms with Gasteiger partial charge in [-0.15, -0.1) is 0 Å². The second kappa shape index (κ2) is 9.46. The highest BCUT2D eigenvalue weighted by molar-refractivity contribution is 5.94. The third-order valence-corrected chi connectivity index (χ3v) is 4.17. The molecule has 28 heavy (non-hydrogen) atoms. The molecule has 1 amide bonds. The highest BCUT2D eigenvalue weighted by Gasteiger charge is 2.20. The minimum Gasteiger partial charge on any atom is -0.461 e. The molecule has 0 atom stereocenters. The van der Waals surface area contributed by atoms with Crippen LogP contribution in [0, 0.1) is 0 Å². The molecule has 5 nitrogen and oxygen atoms in total. The summed E-state index contributed by atoms with van der Waals surface area (Å²) in [5.74, 6) is -0.770. The van der Waals surface area contributed by atoms with Gasteiger partial charge in [-0.05, 0) is 30.2 Å². The Morgan fingerprint density at radius 3 is 1.86 bits per heavy atom. The first-order valence-corrected chi connectivity index (χ1v) is 9.18. The van der Waals surface area contributed by atoms with Crippen molar-refractivity contribution in [2.75, 3.05) is 6.61 Å². The maximum atomic E-state index is 13.2. The van der Waals surface area contributed by atoms with Gasteiger partial charge in [-0.1, -0.05) is 66.7 Å². The van der Waals surface area contributed by atoms with Crippen molar-refractivity contribution in [1.29, 1.82) is 0 Å². The first-order chi connectivity index (χ1) is 13.7. The Hall–Kier alpha value is -3.47. The van der Waals surface area contributed by atoms with Crippen molar-refractivity contribution in [1.82, 2.24) is 9.88 Å². The summed E-state index contributed by atoms with van der Waals surface area (Å²) in [5, 5.41) is 0. The van der Waals surface area contributed by atoms with E-state index in [1.165, 1.54) is 0 Å². The molecular formula is C23H22N2O3. The van der Waals surface area contributed by atoms with Gasteiger partial charge < -0.3 is 9.64 Å². The molecule has 5 heteroatoms. The monoisotopic (exact) mass is 374 g/mol. The molecule has 0 saturated carbocycles. The van der Waals surface area contributed by atoms with E-state index in [-0.39, 0.29) is 23.9 Å². The number of esters is 1. The zero-order valence-corrected chi connectivity index (χ0v) is 15.7. The Morgan fingerprint density at radius 1 is 0.786 bits per heavy atom. The molecule has 1 heterocycles. The number of hydrogen-bond acceptors (Lipinski definition) is 4. The van der Waals surface area contributed by atoms with Crippen molar-refractivity contribution < 1.29 is 14.3 Å². The van der Waals surface area contributed by atoms with Gasteiger partial charge in [-0.3, -0.25) is 4.79 Å². The number of amides is 1. The van der Waals surface area contributed by atoms with Gasteiger partial charge in [0.05, 0.1) is 6.61 Å². The van der Waals surface area contributed by atoms with Gasteiger partial charge in [0.15, 0.2) is 0 Å². The lowest BCUT2D eigenvalue weighted by Gasteiger charge is -2.23. The SMILES string of the molecule is CCOC(=O)c1cccc(C(=O)N(Cc2ccccc2)Cc2ccccc2)n1. The van der Waals surface area contributed by atoms with E-state index >= 15 is 0 Å². The third-order valence-electron chi connectivity index (χ3n) is 4.17. The van der Waals surface area contributed by atoms with Crippen LogP contribution < -0.4 is 0 Å². The summed E-state index contributed by atoms with van der Waals surface area (Å²) in [4.78, 5) is 31.1. The zero-order valence-electron chi connectivity index (χ0n) is 15.7. The maximum Gasteiger partial charge on any atom is 0.356 e. The molecule has 0 bridgehead atoms. The molecule has 3 rings (SSSR count). The van der Waals surface area contributed by atoms with E-state index in [0.717, 1.165) is 11.1 Å².